The zero-order valence-electron chi connectivity index (χ0n) is 12.6. The van der Waals surface area contributed by atoms with E-state index in [4.69, 9.17) is 4.74 Å². The SMILES string of the molecule is C[C@H](CCC1OC1(C)C)CNc1cc(Br)ccc1[N+](=O)[O-]. The zero-order valence-corrected chi connectivity index (χ0v) is 14.1. The summed E-state index contributed by atoms with van der Waals surface area (Å²) in [5, 5.41) is 14.2. The molecule has 1 aliphatic rings. The molecular weight excluding hydrogens is 336 g/mol. The quantitative estimate of drug-likeness (QED) is 0.447. The molecular formula is C15H21BrN2O3. The van der Waals surface area contributed by atoms with Gasteiger partial charge in [0.15, 0.2) is 0 Å². The Morgan fingerprint density at radius 3 is 2.76 bits per heavy atom. The van der Waals surface area contributed by atoms with Crippen molar-refractivity contribution in [1.29, 1.82) is 0 Å². The van der Waals surface area contributed by atoms with Crippen LogP contribution in [0.15, 0.2) is 22.7 Å². The molecule has 1 aromatic rings. The lowest BCUT2D eigenvalue weighted by Crippen LogP contribution is -2.14. The van der Waals surface area contributed by atoms with Crippen molar-refractivity contribution in [1.82, 2.24) is 0 Å². The molecule has 1 fully saturated rings. The molecule has 1 heterocycles. The van der Waals surface area contributed by atoms with E-state index in [-0.39, 0.29) is 16.2 Å². The summed E-state index contributed by atoms with van der Waals surface area (Å²) in [6.07, 6.45) is 2.44. The molecule has 0 spiro atoms. The molecule has 21 heavy (non-hydrogen) atoms. The van der Waals surface area contributed by atoms with Gasteiger partial charge in [0.25, 0.3) is 5.69 Å². The van der Waals surface area contributed by atoms with Crippen molar-refractivity contribution < 1.29 is 9.66 Å². The van der Waals surface area contributed by atoms with Crippen LogP contribution >= 0.6 is 15.9 Å². The lowest BCUT2D eigenvalue weighted by Gasteiger charge is -2.13. The van der Waals surface area contributed by atoms with E-state index < -0.39 is 0 Å². The number of anilines is 1. The Morgan fingerprint density at radius 2 is 2.19 bits per heavy atom. The molecule has 1 saturated heterocycles. The van der Waals surface area contributed by atoms with E-state index in [2.05, 4.69) is 42.0 Å². The number of nitro benzene ring substituents is 1. The predicted octanol–water partition coefficient (Wildman–Crippen LogP) is 4.36. The second kappa shape index (κ2) is 6.32. The van der Waals surface area contributed by atoms with Crippen molar-refractivity contribution >= 4 is 27.3 Å². The smallest absolute Gasteiger partial charge is 0.292 e. The minimum Gasteiger partial charge on any atom is -0.379 e. The van der Waals surface area contributed by atoms with Crippen molar-refractivity contribution in [3.8, 4) is 0 Å². The van der Waals surface area contributed by atoms with Gasteiger partial charge in [0, 0.05) is 17.1 Å². The van der Waals surface area contributed by atoms with Gasteiger partial charge in [-0.15, -0.1) is 0 Å². The van der Waals surface area contributed by atoms with E-state index in [0.717, 1.165) is 17.3 Å². The van der Waals surface area contributed by atoms with E-state index >= 15 is 0 Å². The highest BCUT2D eigenvalue weighted by Gasteiger charge is 2.46. The summed E-state index contributed by atoms with van der Waals surface area (Å²) < 4.78 is 6.40. The Labute approximate surface area is 133 Å². The molecule has 0 saturated carbocycles. The fraction of sp³-hybridized carbons (Fsp3) is 0.600. The van der Waals surface area contributed by atoms with Gasteiger partial charge in [0.2, 0.25) is 0 Å². The standard InChI is InChI=1S/C15H21BrN2O3/c1-10(4-7-14-15(2,3)21-14)9-17-12-8-11(16)5-6-13(12)18(19)20/h5-6,8,10,14,17H,4,7,9H2,1-3H3/t10-,14?/m1/s1. The summed E-state index contributed by atoms with van der Waals surface area (Å²) >= 11 is 3.34. The lowest BCUT2D eigenvalue weighted by molar-refractivity contribution is -0.384. The highest BCUT2D eigenvalue weighted by molar-refractivity contribution is 9.10. The highest BCUT2D eigenvalue weighted by atomic mass is 79.9. The van der Waals surface area contributed by atoms with Gasteiger partial charge < -0.3 is 10.1 Å². The first-order chi connectivity index (χ1) is 9.79. The molecule has 1 aromatic carbocycles. The minimum atomic E-state index is -0.361. The molecule has 0 radical (unpaired) electrons. The van der Waals surface area contributed by atoms with E-state index in [9.17, 15) is 10.1 Å². The predicted molar refractivity (Wildman–Crippen MR) is 86.6 cm³/mol. The Hall–Kier alpha value is -1.14. The Bertz CT molecular complexity index is 534. The fourth-order valence-corrected chi connectivity index (χ4v) is 2.73. The van der Waals surface area contributed by atoms with Crippen molar-refractivity contribution in [2.75, 3.05) is 11.9 Å². The van der Waals surface area contributed by atoms with Crippen LogP contribution in [0.4, 0.5) is 11.4 Å². The van der Waals surface area contributed by atoms with E-state index in [1.54, 1.807) is 12.1 Å². The molecule has 2 rings (SSSR count). The third-order valence-corrected chi connectivity index (χ3v) is 4.38. The van der Waals surface area contributed by atoms with Gasteiger partial charge in [0.05, 0.1) is 16.6 Å². The molecule has 2 atom stereocenters. The van der Waals surface area contributed by atoms with Gasteiger partial charge in [0.1, 0.15) is 5.69 Å². The number of benzene rings is 1. The third-order valence-electron chi connectivity index (χ3n) is 3.88. The number of rotatable bonds is 7. The monoisotopic (exact) mass is 356 g/mol. The summed E-state index contributed by atoms with van der Waals surface area (Å²) in [4.78, 5) is 10.6. The molecule has 1 unspecified atom stereocenters. The number of hydrogen-bond acceptors (Lipinski definition) is 4. The first-order valence-corrected chi connectivity index (χ1v) is 7.94. The van der Waals surface area contributed by atoms with Gasteiger partial charge in [-0.25, -0.2) is 0 Å². The number of hydrogen-bond donors (Lipinski definition) is 1. The number of epoxide rings is 1. The van der Waals surface area contributed by atoms with Crippen molar-refractivity contribution in [3.63, 3.8) is 0 Å². The van der Waals surface area contributed by atoms with Crippen LogP contribution in [0.1, 0.15) is 33.6 Å². The molecule has 1 N–H and O–H groups in total. The third kappa shape index (κ3) is 4.41. The number of nitro groups is 1. The summed E-state index contributed by atoms with van der Waals surface area (Å²) in [6, 6.07) is 4.94. The molecule has 0 aromatic heterocycles. The van der Waals surface area contributed by atoms with Gasteiger partial charge in [-0.1, -0.05) is 22.9 Å². The average Bonchev–Trinajstić information content (AvgIpc) is 3.01. The maximum absolute atomic E-state index is 11.0. The molecule has 6 heteroatoms. The summed E-state index contributed by atoms with van der Waals surface area (Å²) in [5.41, 5.74) is 0.706. The van der Waals surface area contributed by atoms with Gasteiger partial charge in [-0.3, -0.25) is 10.1 Å². The van der Waals surface area contributed by atoms with Gasteiger partial charge in [-0.05, 0) is 44.7 Å². The normalized spacial score (nSPS) is 20.9. The van der Waals surface area contributed by atoms with Crippen LogP contribution in [0.2, 0.25) is 0 Å². The fourth-order valence-electron chi connectivity index (χ4n) is 2.37. The number of nitrogens with one attached hydrogen (secondary N) is 1. The molecule has 0 aliphatic carbocycles. The highest BCUT2D eigenvalue weighted by Crippen LogP contribution is 2.39. The summed E-state index contributed by atoms with van der Waals surface area (Å²) in [5.74, 6) is 0.434. The van der Waals surface area contributed by atoms with Crippen LogP contribution in [0.3, 0.4) is 0 Å². The molecule has 0 bridgehead atoms. The number of ether oxygens (including phenoxy) is 1. The van der Waals surface area contributed by atoms with Crippen LogP contribution in [0, 0.1) is 16.0 Å². The zero-order chi connectivity index (χ0) is 15.6. The first kappa shape index (κ1) is 16.2. The van der Waals surface area contributed by atoms with Crippen molar-refractivity contribution in [2.45, 2.75) is 45.3 Å². The second-order valence-electron chi connectivity index (χ2n) is 6.19. The topological polar surface area (TPSA) is 67.7 Å². The summed E-state index contributed by atoms with van der Waals surface area (Å²) in [7, 11) is 0. The largest absolute Gasteiger partial charge is 0.379 e. The van der Waals surface area contributed by atoms with Crippen molar-refractivity contribution in [3.05, 3.63) is 32.8 Å². The lowest BCUT2D eigenvalue weighted by atomic mass is 9.99. The molecule has 5 nitrogen and oxygen atoms in total. The van der Waals surface area contributed by atoms with Crippen LogP contribution in [0.5, 0.6) is 0 Å². The molecule has 116 valence electrons. The van der Waals surface area contributed by atoms with Crippen LogP contribution < -0.4 is 5.32 Å². The first-order valence-electron chi connectivity index (χ1n) is 7.15. The Balaban J connectivity index is 1.84. The van der Waals surface area contributed by atoms with Crippen molar-refractivity contribution in [2.24, 2.45) is 5.92 Å². The number of nitrogens with zero attached hydrogens (tertiary/aromatic N) is 1. The molecule has 1 aliphatic heterocycles. The molecule has 0 amide bonds. The maximum Gasteiger partial charge on any atom is 0.292 e. The number of halogens is 1. The minimum absolute atomic E-state index is 0.0379. The van der Waals surface area contributed by atoms with Gasteiger partial charge >= 0.3 is 0 Å². The second-order valence-corrected chi connectivity index (χ2v) is 7.11. The van der Waals surface area contributed by atoms with Gasteiger partial charge in [-0.2, -0.15) is 0 Å². The summed E-state index contributed by atoms with van der Waals surface area (Å²) in [6.45, 7) is 7.06. The van der Waals surface area contributed by atoms with E-state index in [0.29, 0.717) is 24.3 Å². The average molecular weight is 357 g/mol. The maximum atomic E-state index is 11.0. The Kier molecular flexibility index (Phi) is 4.88. The Morgan fingerprint density at radius 1 is 1.52 bits per heavy atom. The van der Waals surface area contributed by atoms with E-state index in [1.807, 2.05) is 0 Å². The van der Waals surface area contributed by atoms with E-state index in [1.165, 1.54) is 6.07 Å². The van der Waals surface area contributed by atoms with Crippen LogP contribution in [-0.2, 0) is 4.74 Å². The van der Waals surface area contributed by atoms with Crippen LogP contribution in [0.25, 0.3) is 0 Å². The van der Waals surface area contributed by atoms with Crippen LogP contribution in [-0.4, -0.2) is 23.2 Å².